The normalized spacial score (nSPS) is 16.2. The highest BCUT2D eigenvalue weighted by Crippen LogP contribution is 2.27. The summed E-state index contributed by atoms with van der Waals surface area (Å²) in [4.78, 5) is 0. The zero-order valence-corrected chi connectivity index (χ0v) is 14.9. The molecule has 0 aliphatic rings. The molecule has 2 unspecified atom stereocenters. The van der Waals surface area contributed by atoms with Gasteiger partial charge in [-0.05, 0) is 25.0 Å². The molecule has 0 aromatic heterocycles. The summed E-state index contributed by atoms with van der Waals surface area (Å²) in [6, 6.07) is 19.4. The van der Waals surface area contributed by atoms with Gasteiger partial charge in [-0.2, -0.15) is 0 Å². The van der Waals surface area contributed by atoms with Gasteiger partial charge in [-0.15, -0.1) is 12.8 Å². The highest BCUT2D eigenvalue weighted by atomic mass is 28.3. The predicted molar refractivity (Wildman–Crippen MR) is 96.0 cm³/mol. The van der Waals surface area contributed by atoms with Crippen LogP contribution in [0.4, 0.5) is 0 Å². The Kier molecular flexibility index (Phi) is 5.42. The molecule has 3 heteroatoms. The molecule has 2 aromatic rings. The van der Waals surface area contributed by atoms with Gasteiger partial charge in [0.05, 0.1) is 0 Å². The van der Waals surface area contributed by atoms with E-state index in [0.717, 1.165) is 11.1 Å². The van der Waals surface area contributed by atoms with E-state index in [0.29, 0.717) is 0 Å². The summed E-state index contributed by atoms with van der Waals surface area (Å²) in [5.74, 6) is 5.44. The largest absolute Gasteiger partial charge is 0.378 e. The maximum absolute atomic E-state index is 5.97. The molecule has 0 heterocycles. The first-order valence-electron chi connectivity index (χ1n) is 7.38. The van der Waals surface area contributed by atoms with E-state index in [9.17, 15) is 0 Å². The third kappa shape index (κ3) is 3.91. The summed E-state index contributed by atoms with van der Waals surface area (Å²) in [5, 5.41) is 0. The fourth-order valence-electron chi connectivity index (χ4n) is 2.19. The van der Waals surface area contributed by atoms with Crippen molar-refractivity contribution in [2.75, 3.05) is 0 Å². The zero-order chi connectivity index (χ0) is 16.8. The lowest BCUT2D eigenvalue weighted by Crippen LogP contribution is -2.32. The number of benzene rings is 2. The Morgan fingerprint density at radius 3 is 1.39 bits per heavy atom. The number of rotatable bonds is 6. The molecule has 0 spiro atoms. The molecule has 0 radical (unpaired) electrons. The van der Waals surface area contributed by atoms with E-state index >= 15 is 0 Å². The molecule has 0 saturated heterocycles. The second-order valence-electron chi connectivity index (χ2n) is 5.49. The van der Waals surface area contributed by atoms with E-state index in [-0.39, 0.29) is 0 Å². The van der Waals surface area contributed by atoms with Crippen molar-refractivity contribution in [2.24, 2.45) is 0 Å². The Bertz CT molecular complexity index is 651. The molecule has 0 saturated carbocycles. The molecular weight excluding hydrogens is 300 g/mol. The van der Waals surface area contributed by atoms with E-state index < -0.39 is 21.2 Å². The molecule has 23 heavy (non-hydrogen) atoms. The lowest BCUT2D eigenvalue weighted by atomic mass is 9.97. The molecular formula is C20H20O2Si. The molecule has 0 aliphatic carbocycles. The van der Waals surface area contributed by atoms with Crippen LogP contribution in [0.3, 0.4) is 0 Å². The van der Waals surface area contributed by atoms with Crippen LogP contribution >= 0.6 is 0 Å². The summed E-state index contributed by atoms with van der Waals surface area (Å²) < 4.78 is 11.9. The minimum absolute atomic E-state index is 0.806. The second-order valence-corrected chi connectivity index (χ2v) is 6.31. The summed E-state index contributed by atoms with van der Waals surface area (Å²) in [6.07, 6.45) is 11.4. The quantitative estimate of drug-likeness (QED) is 0.601. The van der Waals surface area contributed by atoms with Crippen molar-refractivity contribution in [3.05, 3.63) is 71.8 Å². The second kappa shape index (κ2) is 7.31. The molecule has 116 valence electrons. The van der Waals surface area contributed by atoms with Gasteiger partial charge in [-0.25, -0.2) is 0 Å². The molecule has 0 N–H and O–H groups in total. The average Bonchev–Trinajstić information content (AvgIpc) is 2.63. The van der Waals surface area contributed by atoms with Crippen LogP contribution in [0.25, 0.3) is 0 Å². The molecule has 2 aromatic carbocycles. The van der Waals surface area contributed by atoms with E-state index in [2.05, 4.69) is 11.8 Å². The van der Waals surface area contributed by atoms with Crippen LogP contribution in [0.5, 0.6) is 0 Å². The highest BCUT2D eigenvalue weighted by molar-refractivity contribution is 6.18. The van der Waals surface area contributed by atoms with Crippen molar-refractivity contribution in [2.45, 2.75) is 25.0 Å². The minimum atomic E-state index is -1.39. The number of terminal acetylenes is 2. The maximum atomic E-state index is 5.97. The minimum Gasteiger partial charge on any atom is -0.378 e. The van der Waals surface area contributed by atoms with E-state index in [4.69, 9.17) is 21.7 Å². The zero-order valence-electron chi connectivity index (χ0n) is 13.5. The molecule has 0 amide bonds. The Labute approximate surface area is 140 Å². The molecule has 2 rings (SSSR count). The summed E-state index contributed by atoms with van der Waals surface area (Å²) in [6.45, 7) is 3.74. The van der Waals surface area contributed by atoms with Crippen LogP contribution < -0.4 is 0 Å². The Balaban J connectivity index is 2.09. The van der Waals surface area contributed by atoms with Crippen molar-refractivity contribution >= 4 is 10.0 Å². The maximum Gasteiger partial charge on any atom is 0.307 e. The van der Waals surface area contributed by atoms with Gasteiger partial charge in [0.25, 0.3) is 0 Å². The van der Waals surface area contributed by atoms with Gasteiger partial charge < -0.3 is 8.85 Å². The van der Waals surface area contributed by atoms with Gasteiger partial charge in [0.1, 0.15) is 11.2 Å². The third-order valence-corrected chi connectivity index (χ3v) is 5.29. The lowest BCUT2D eigenvalue weighted by Gasteiger charge is -2.29. The van der Waals surface area contributed by atoms with Crippen molar-refractivity contribution in [3.8, 4) is 24.7 Å². The first-order valence-corrected chi connectivity index (χ1v) is 8.54. The Morgan fingerprint density at radius 1 is 0.739 bits per heavy atom. The molecule has 0 aliphatic heterocycles. The summed E-state index contributed by atoms with van der Waals surface area (Å²) in [7, 11) is -1.39. The SMILES string of the molecule is C#CC(C)(O[SiH2]OC(C)(C#C)c1ccccc1)c1ccccc1. The van der Waals surface area contributed by atoms with Crippen LogP contribution in [0.15, 0.2) is 60.7 Å². The van der Waals surface area contributed by atoms with Crippen molar-refractivity contribution < 1.29 is 8.85 Å². The molecule has 0 fully saturated rings. The van der Waals surface area contributed by atoms with Crippen LogP contribution in [0, 0.1) is 24.7 Å². The number of hydrogen-bond acceptors (Lipinski definition) is 2. The number of hydrogen-bond donors (Lipinski definition) is 0. The Hall–Kier alpha value is -2.30. The fraction of sp³-hybridized carbons (Fsp3) is 0.200. The van der Waals surface area contributed by atoms with E-state index in [1.54, 1.807) is 0 Å². The highest BCUT2D eigenvalue weighted by Gasteiger charge is 2.28. The molecule has 2 nitrogen and oxygen atoms in total. The Morgan fingerprint density at radius 2 is 1.09 bits per heavy atom. The summed E-state index contributed by atoms with van der Waals surface area (Å²) >= 11 is 0. The van der Waals surface area contributed by atoms with Crippen LogP contribution in [-0.4, -0.2) is 10.0 Å². The van der Waals surface area contributed by atoms with Gasteiger partial charge in [0, 0.05) is 0 Å². The first kappa shape index (κ1) is 17.1. The third-order valence-electron chi connectivity index (χ3n) is 3.90. The van der Waals surface area contributed by atoms with Crippen molar-refractivity contribution in [3.63, 3.8) is 0 Å². The monoisotopic (exact) mass is 320 g/mol. The van der Waals surface area contributed by atoms with Gasteiger partial charge in [-0.1, -0.05) is 72.5 Å². The van der Waals surface area contributed by atoms with E-state index in [1.165, 1.54) is 0 Å². The average molecular weight is 320 g/mol. The van der Waals surface area contributed by atoms with Gasteiger partial charge in [-0.3, -0.25) is 0 Å². The van der Waals surface area contributed by atoms with Crippen LogP contribution in [0.1, 0.15) is 25.0 Å². The van der Waals surface area contributed by atoms with Gasteiger partial charge >= 0.3 is 10.0 Å². The van der Waals surface area contributed by atoms with Crippen LogP contribution in [-0.2, 0) is 20.1 Å². The van der Waals surface area contributed by atoms with Gasteiger partial charge in [0.15, 0.2) is 0 Å². The summed E-state index contributed by atoms with van der Waals surface area (Å²) in [5.41, 5.74) is 0.251. The smallest absolute Gasteiger partial charge is 0.307 e. The standard InChI is InChI=1S/C20H20O2Si/c1-5-19(3,17-13-9-7-10-14-17)21-23-22-20(4,6-2)18-15-11-8-12-16-18/h1-2,7-16H,23H2,3-4H3. The van der Waals surface area contributed by atoms with Crippen molar-refractivity contribution in [1.29, 1.82) is 0 Å². The lowest BCUT2D eigenvalue weighted by molar-refractivity contribution is 0.0676. The molecule has 2 atom stereocenters. The van der Waals surface area contributed by atoms with Gasteiger partial charge in [0.2, 0.25) is 0 Å². The van der Waals surface area contributed by atoms with E-state index in [1.807, 2.05) is 74.5 Å². The topological polar surface area (TPSA) is 18.5 Å². The predicted octanol–water partition coefficient (Wildman–Crippen LogP) is 3.12. The molecule has 0 bridgehead atoms. The fourth-order valence-corrected chi connectivity index (χ4v) is 3.22. The van der Waals surface area contributed by atoms with Crippen LogP contribution in [0.2, 0.25) is 0 Å². The van der Waals surface area contributed by atoms with Crippen molar-refractivity contribution in [1.82, 2.24) is 0 Å². The first-order chi connectivity index (χ1) is 11.0.